The average molecular weight is 370 g/mol. The van der Waals surface area contributed by atoms with Gasteiger partial charge in [-0.3, -0.25) is 0 Å². The molecule has 0 spiro atoms. The average Bonchev–Trinajstić information content (AvgIpc) is 2.51. The lowest BCUT2D eigenvalue weighted by Gasteiger charge is -2.08. The highest BCUT2D eigenvalue weighted by molar-refractivity contribution is 7.87. The minimum atomic E-state index is -4.06. The highest BCUT2D eigenvalue weighted by Crippen LogP contribution is 2.31. The molecule has 8 heteroatoms. The smallest absolute Gasteiger partial charge is 0.340 e. The SMILES string of the molecule is O=S(=O)(Oc1ccc2c(Cl)ccc(O)c2n1)c1ccc(Cl)cc1. The second kappa shape index (κ2) is 5.88. The highest BCUT2D eigenvalue weighted by atomic mass is 35.5. The van der Waals surface area contributed by atoms with Crippen LogP contribution in [0.2, 0.25) is 10.0 Å². The standard InChI is InChI=1S/C15H9Cl2NO4S/c16-9-1-3-10(4-2-9)23(20,21)22-14-8-5-11-12(17)6-7-13(19)15(11)18-14/h1-8,19H. The Labute approximate surface area is 142 Å². The molecule has 0 saturated carbocycles. The molecule has 0 aliphatic rings. The van der Waals surface area contributed by atoms with Gasteiger partial charge in [0, 0.05) is 16.5 Å². The van der Waals surface area contributed by atoms with Gasteiger partial charge in [-0.1, -0.05) is 23.2 Å². The number of halogens is 2. The van der Waals surface area contributed by atoms with E-state index in [-0.39, 0.29) is 22.0 Å². The van der Waals surface area contributed by atoms with Crippen molar-refractivity contribution in [1.29, 1.82) is 0 Å². The molecule has 0 aliphatic heterocycles. The summed E-state index contributed by atoms with van der Waals surface area (Å²) in [4.78, 5) is 3.95. The van der Waals surface area contributed by atoms with Gasteiger partial charge >= 0.3 is 10.1 Å². The van der Waals surface area contributed by atoms with E-state index in [0.717, 1.165) is 0 Å². The lowest BCUT2D eigenvalue weighted by atomic mass is 10.2. The van der Waals surface area contributed by atoms with Crippen LogP contribution in [0, 0.1) is 0 Å². The first-order valence-electron chi connectivity index (χ1n) is 6.35. The van der Waals surface area contributed by atoms with E-state index in [1.807, 2.05) is 0 Å². The summed E-state index contributed by atoms with van der Waals surface area (Å²) in [6.07, 6.45) is 0. The van der Waals surface area contributed by atoms with E-state index < -0.39 is 10.1 Å². The fourth-order valence-corrected chi connectivity index (χ4v) is 3.18. The number of nitrogens with zero attached hydrogens (tertiary/aromatic N) is 1. The molecule has 0 amide bonds. The molecule has 1 heterocycles. The molecule has 1 N–H and O–H groups in total. The molecule has 3 aromatic rings. The van der Waals surface area contributed by atoms with Gasteiger partial charge in [0.25, 0.3) is 0 Å². The molecule has 0 atom stereocenters. The Kier molecular flexibility index (Phi) is 4.06. The van der Waals surface area contributed by atoms with E-state index in [2.05, 4.69) is 4.98 Å². The van der Waals surface area contributed by atoms with Crippen LogP contribution in [0.15, 0.2) is 53.4 Å². The van der Waals surface area contributed by atoms with Crippen molar-refractivity contribution in [3.05, 3.63) is 58.6 Å². The van der Waals surface area contributed by atoms with Crippen molar-refractivity contribution >= 4 is 44.2 Å². The Morgan fingerprint density at radius 3 is 2.35 bits per heavy atom. The number of phenolic OH excluding ortho intramolecular Hbond substituents is 1. The van der Waals surface area contributed by atoms with E-state index in [9.17, 15) is 13.5 Å². The van der Waals surface area contributed by atoms with Gasteiger partial charge in [0.2, 0.25) is 5.88 Å². The number of aromatic nitrogens is 1. The fraction of sp³-hybridized carbons (Fsp3) is 0. The Balaban J connectivity index is 2.01. The summed E-state index contributed by atoms with van der Waals surface area (Å²) in [6, 6.07) is 11.3. The third kappa shape index (κ3) is 3.19. The number of fused-ring (bicyclic) bond motifs is 1. The minimum absolute atomic E-state index is 0.0564. The largest absolute Gasteiger partial charge is 0.506 e. The molecule has 0 aliphatic carbocycles. The predicted molar refractivity (Wildman–Crippen MR) is 87.7 cm³/mol. The van der Waals surface area contributed by atoms with E-state index in [1.54, 1.807) is 0 Å². The van der Waals surface area contributed by atoms with Crippen molar-refractivity contribution in [2.45, 2.75) is 4.90 Å². The Morgan fingerprint density at radius 2 is 1.65 bits per heavy atom. The maximum Gasteiger partial charge on any atom is 0.340 e. The summed E-state index contributed by atoms with van der Waals surface area (Å²) in [5, 5.41) is 11.1. The first-order valence-corrected chi connectivity index (χ1v) is 8.51. The number of rotatable bonds is 3. The van der Waals surface area contributed by atoms with Crippen LogP contribution in [0.1, 0.15) is 0 Å². The molecule has 5 nitrogen and oxygen atoms in total. The van der Waals surface area contributed by atoms with Gasteiger partial charge in [0.1, 0.15) is 16.2 Å². The summed E-state index contributed by atoms with van der Waals surface area (Å²) >= 11 is 11.7. The van der Waals surface area contributed by atoms with Gasteiger partial charge in [0.05, 0.1) is 5.02 Å². The van der Waals surface area contributed by atoms with E-state index in [4.69, 9.17) is 27.4 Å². The molecule has 0 bridgehead atoms. The van der Waals surface area contributed by atoms with Crippen LogP contribution in [0.5, 0.6) is 11.6 Å². The molecule has 0 saturated heterocycles. The van der Waals surface area contributed by atoms with Crippen LogP contribution in [0.3, 0.4) is 0 Å². The van der Waals surface area contributed by atoms with Crippen LogP contribution >= 0.6 is 23.2 Å². The molecule has 3 rings (SSSR count). The van der Waals surface area contributed by atoms with Crippen LogP contribution in [0.25, 0.3) is 10.9 Å². The van der Waals surface area contributed by atoms with Gasteiger partial charge in [0.15, 0.2) is 0 Å². The number of hydrogen-bond acceptors (Lipinski definition) is 5. The quantitative estimate of drug-likeness (QED) is 0.705. The van der Waals surface area contributed by atoms with Gasteiger partial charge in [-0.05, 0) is 42.5 Å². The monoisotopic (exact) mass is 369 g/mol. The number of aromatic hydroxyl groups is 1. The molecular weight excluding hydrogens is 361 g/mol. The molecule has 118 valence electrons. The van der Waals surface area contributed by atoms with Crippen LogP contribution in [0.4, 0.5) is 0 Å². The summed E-state index contributed by atoms with van der Waals surface area (Å²) in [5.74, 6) is -0.302. The zero-order valence-corrected chi connectivity index (χ0v) is 13.7. The minimum Gasteiger partial charge on any atom is -0.506 e. The van der Waals surface area contributed by atoms with E-state index in [1.165, 1.54) is 48.5 Å². The number of pyridine rings is 1. The number of phenols is 1. The van der Waals surface area contributed by atoms with Crippen molar-refractivity contribution in [2.24, 2.45) is 0 Å². The van der Waals surface area contributed by atoms with Gasteiger partial charge in [-0.25, -0.2) is 4.98 Å². The third-order valence-electron chi connectivity index (χ3n) is 3.05. The van der Waals surface area contributed by atoms with Gasteiger partial charge in [-0.2, -0.15) is 8.42 Å². The lowest BCUT2D eigenvalue weighted by Crippen LogP contribution is -2.10. The zero-order valence-electron chi connectivity index (χ0n) is 11.4. The molecule has 23 heavy (non-hydrogen) atoms. The van der Waals surface area contributed by atoms with Crippen molar-refractivity contribution in [2.75, 3.05) is 0 Å². The van der Waals surface area contributed by atoms with Crippen molar-refractivity contribution in [3.63, 3.8) is 0 Å². The highest BCUT2D eigenvalue weighted by Gasteiger charge is 2.18. The van der Waals surface area contributed by atoms with Gasteiger partial charge < -0.3 is 9.29 Å². The summed E-state index contributed by atoms with van der Waals surface area (Å²) in [7, 11) is -4.06. The molecule has 2 aromatic carbocycles. The topological polar surface area (TPSA) is 76.5 Å². The van der Waals surface area contributed by atoms with Crippen molar-refractivity contribution in [1.82, 2.24) is 4.98 Å². The maximum atomic E-state index is 12.2. The Morgan fingerprint density at radius 1 is 0.957 bits per heavy atom. The molecule has 0 radical (unpaired) electrons. The van der Waals surface area contributed by atoms with Crippen LogP contribution in [-0.2, 0) is 10.1 Å². The Hall–Kier alpha value is -2.02. The molecule has 1 aromatic heterocycles. The van der Waals surface area contributed by atoms with E-state index in [0.29, 0.717) is 15.4 Å². The second-order valence-corrected chi connectivity index (χ2v) is 6.99. The molecule has 0 fully saturated rings. The van der Waals surface area contributed by atoms with E-state index >= 15 is 0 Å². The molecule has 0 unspecified atom stereocenters. The predicted octanol–water partition coefficient (Wildman–Crippen LogP) is 4.01. The van der Waals surface area contributed by atoms with Crippen LogP contribution in [-0.4, -0.2) is 18.5 Å². The van der Waals surface area contributed by atoms with Gasteiger partial charge in [-0.15, -0.1) is 0 Å². The summed E-state index contributed by atoms with van der Waals surface area (Å²) < 4.78 is 29.4. The third-order valence-corrected chi connectivity index (χ3v) is 4.88. The zero-order chi connectivity index (χ0) is 16.6. The van der Waals surface area contributed by atoms with Crippen molar-refractivity contribution < 1.29 is 17.7 Å². The Bertz CT molecular complexity index is 988. The van der Waals surface area contributed by atoms with Crippen LogP contribution < -0.4 is 4.18 Å². The number of benzene rings is 2. The second-order valence-electron chi connectivity index (χ2n) is 4.60. The first kappa shape index (κ1) is 15.9. The normalized spacial score (nSPS) is 11.6. The maximum absolute atomic E-state index is 12.2. The van der Waals surface area contributed by atoms with Crippen molar-refractivity contribution in [3.8, 4) is 11.6 Å². The summed E-state index contributed by atoms with van der Waals surface area (Å²) in [6.45, 7) is 0. The lowest BCUT2D eigenvalue weighted by molar-refractivity contribution is 0.470. The number of hydrogen-bond donors (Lipinski definition) is 1. The first-order chi connectivity index (χ1) is 10.9. The molecular formula is C15H9Cl2NO4S. The fourth-order valence-electron chi connectivity index (χ4n) is 1.96. The summed E-state index contributed by atoms with van der Waals surface area (Å²) in [5.41, 5.74) is 0.154.